The molecule has 0 N–H and O–H groups in total. The van der Waals surface area contributed by atoms with Crippen molar-refractivity contribution < 1.29 is 8.83 Å². The zero-order valence-electron chi connectivity index (χ0n) is 28.8. The predicted molar refractivity (Wildman–Crippen MR) is 217 cm³/mol. The van der Waals surface area contributed by atoms with Crippen LogP contribution < -0.4 is 0 Å². The van der Waals surface area contributed by atoms with Gasteiger partial charge in [-0.2, -0.15) is 0 Å². The number of para-hydroxylation sites is 2. The van der Waals surface area contributed by atoms with Gasteiger partial charge in [0, 0.05) is 38.2 Å². The highest BCUT2D eigenvalue weighted by Gasteiger charge is 2.24. The summed E-state index contributed by atoms with van der Waals surface area (Å²) in [4.78, 5) is 15.7. The van der Waals surface area contributed by atoms with Crippen molar-refractivity contribution in [1.29, 1.82) is 0 Å². The molecule has 5 heteroatoms. The molecule has 0 fully saturated rings. The normalized spacial score (nSPS) is 12.1. The summed E-state index contributed by atoms with van der Waals surface area (Å²) in [5.74, 6) is 1.75. The van der Waals surface area contributed by atoms with Gasteiger partial charge >= 0.3 is 0 Å². The van der Waals surface area contributed by atoms with Gasteiger partial charge in [-0.15, -0.1) is 0 Å². The van der Waals surface area contributed by atoms with Gasteiger partial charge in [0.25, 0.3) is 0 Å². The van der Waals surface area contributed by atoms with Crippen molar-refractivity contribution in [3.8, 4) is 45.3 Å². The van der Waals surface area contributed by atoms with Gasteiger partial charge in [-0.1, -0.05) is 127 Å². The standard InChI is InChI=1S/C48H31N3O2/c1-2-3-5-13-30-22-23-33-29-34(25-24-32(33)28-30)47-49-46(31-14-6-4-7-15-31)50-48(51-47)45-36(26-27-42-44(45)38-17-9-11-20-40(38)53-42)35-18-12-21-41-43(35)37-16-8-10-19-39(37)52-41/h2-29H,1H3/b3-2-,13-5-. The summed E-state index contributed by atoms with van der Waals surface area (Å²) >= 11 is 0. The summed E-state index contributed by atoms with van der Waals surface area (Å²) in [5.41, 5.74) is 9.09. The molecular formula is C48H31N3O2. The van der Waals surface area contributed by atoms with Crippen LogP contribution in [-0.2, 0) is 0 Å². The van der Waals surface area contributed by atoms with E-state index in [1.54, 1.807) is 0 Å². The highest BCUT2D eigenvalue weighted by molar-refractivity contribution is 6.19. The van der Waals surface area contributed by atoms with Crippen LogP contribution in [0, 0.1) is 0 Å². The molecule has 10 aromatic rings. The number of allylic oxidation sites excluding steroid dienone is 3. The second kappa shape index (κ2) is 12.6. The highest BCUT2D eigenvalue weighted by atomic mass is 16.3. The molecule has 3 heterocycles. The fraction of sp³-hybridized carbons (Fsp3) is 0.0208. The maximum absolute atomic E-state index is 6.47. The lowest BCUT2D eigenvalue weighted by atomic mass is 9.92. The molecule has 0 aliphatic rings. The van der Waals surface area contributed by atoms with E-state index < -0.39 is 0 Å². The summed E-state index contributed by atoms with van der Waals surface area (Å²) in [7, 11) is 0. The van der Waals surface area contributed by atoms with Crippen LogP contribution in [0.3, 0.4) is 0 Å². The van der Waals surface area contributed by atoms with Gasteiger partial charge in [-0.25, -0.2) is 15.0 Å². The third-order valence-corrected chi connectivity index (χ3v) is 9.84. The Morgan fingerprint density at radius 2 is 1.09 bits per heavy atom. The largest absolute Gasteiger partial charge is 0.456 e. The number of rotatable bonds is 6. The third-order valence-electron chi connectivity index (χ3n) is 9.84. The van der Waals surface area contributed by atoms with Gasteiger partial charge < -0.3 is 8.83 Å². The maximum Gasteiger partial charge on any atom is 0.165 e. The minimum absolute atomic E-state index is 0.565. The molecule has 5 nitrogen and oxygen atoms in total. The van der Waals surface area contributed by atoms with Crippen LogP contribution in [0.1, 0.15) is 12.5 Å². The van der Waals surface area contributed by atoms with Crippen LogP contribution >= 0.6 is 0 Å². The Labute approximate surface area is 305 Å². The van der Waals surface area contributed by atoms with Crippen molar-refractivity contribution in [2.45, 2.75) is 6.92 Å². The van der Waals surface area contributed by atoms with Crippen molar-refractivity contribution in [2.24, 2.45) is 0 Å². The van der Waals surface area contributed by atoms with E-state index in [9.17, 15) is 0 Å². The molecule has 0 bridgehead atoms. The molecule has 0 spiro atoms. The summed E-state index contributed by atoms with van der Waals surface area (Å²) < 4.78 is 12.8. The first-order valence-electron chi connectivity index (χ1n) is 17.7. The minimum atomic E-state index is 0.565. The zero-order valence-corrected chi connectivity index (χ0v) is 28.8. The molecule has 7 aromatic carbocycles. The molecule has 0 aliphatic heterocycles. The highest BCUT2D eigenvalue weighted by Crippen LogP contribution is 2.45. The Hall–Kier alpha value is -7.11. The summed E-state index contributed by atoms with van der Waals surface area (Å²) in [6.45, 7) is 2.02. The number of fused-ring (bicyclic) bond motifs is 7. The molecule has 0 amide bonds. The number of hydrogen-bond donors (Lipinski definition) is 0. The Morgan fingerprint density at radius 3 is 1.89 bits per heavy atom. The topological polar surface area (TPSA) is 65.0 Å². The van der Waals surface area contributed by atoms with E-state index in [4.69, 9.17) is 23.8 Å². The van der Waals surface area contributed by atoms with E-state index in [1.165, 1.54) is 0 Å². The van der Waals surface area contributed by atoms with E-state index in [-0.39, 0.29) is 0 Å². The van der Waals surface area contributed by atoms with Gasteiger partial charge in [0.1, 0.15) is 22.3 Å². The monoisotopic (exact) mass is 681 g/mol. The van der Waals surface area contributed by atoms with Gasteiger partial charge in [0.2, 0.25) is 0 Å². The lowest BCUT2D eigenvalue weighted by Gasteiger charge is -2.14. The Kier molecular flexibility index (Phi) is 7.29. The van der Waals surface area contributed by atoms with Crippen molar-refractivity contribution in [3.63, 3.8) is 0 Å². The Bertz CT molecular complexity index is 3080. The molecule has 0 radical (unpaired) electrons. The van der Waals surface area contributed by atoms with Gasteiger partial charge in [-0.3, -0.25) is 0 Å². The lowest BCUT2D eigenvalue weighted by molar-refractivity contribution is 0.669. The molecule has 3 aromatic heterocycles. The maximum atomic E-state index is 6.47. The average molecular weight is 682 g/mol. The molecule has 0 saturated carbocycles. The fourth-order valence-corrected chi connectivity index (χ4v) is 7.39. The number of aromatic nitrogens is 3. The molecule has 53 heavy (non-hydrogen) atoms. The first-order chi connectivity index (χ1) is 26.2. The van der Waals surface area contributed by atoms with Crippen LogP contribution in [0.5, 0.6) is 0 Å². The average Bonchev–Trinajstić information content (AvgIpc) is 3.79. The first kappa shape index (κ1) is 30.7. The number of furan rings is 2. The van der Waals surface area contributed by atoms with E-state index in [0.29, 0.717) is 17.5 Å². The van der Waals surface area contributed by atoms with Crippen LogP contribution in [0.25, 0.3) is 106 Å². The van der Waals surface area contributed by atoms with Gasteiger partial charge in [0.05, 0.1) is 0 Å². The van der Waals surface area contributed by atoms with E-state index in [1.807, 2.05) is 91.9 Å². The number of nitrogens with zero attached hydrogens (tertiary/aromatic N) is 3. The molecule has 0 atom stereocenters. The molecular weight excluding hydrogens is 651 g/mol. The molecule has 0 saturated heterocycles. The Balaban J connectivity index is 1.26. The number of benzene rings is 7. The molecule has 10 rings (SSSR count). The van der Waals surface area contributed by atoms with Crippen LogP contribution in [0.4, 0.5) is 0 Å². The van der Waals surface area contributed by atoms with Crippen LogP contribution in [0.2, 0.25) is 0 Å². The second-order valence-electron chi connectivity index (χ2n) is 13.1. The van der Waals surface area contributed by atoms with E-state index in [0.717, 1.165) is 88.0 Å². The first-order valence-corrected chi connectivity index (χ1v) is 17.7. The molecule has 0 aliphatic carbocycles. The fourth-order valence-electron chi connectivity index (χ4n) is 7.39. The quantitative estimate of drug-likeness (QED) is 0.163. The number of hydrogen-bond acceptors (Lipinski definition) is 5. The van der Waals surface area contributed by atoms with E-state index in [2.05, 4.69) is 84.9 Å². The minimum Gasteiger partial charge on any atom is -0.456 e. The van der Waals surface area contributed by atoms with Crippen LogP contribution in [-0.4, -0.2) is 15.0 Å². The SMILES string of the molecule is C/C=C\C=C/c1ccc2cc(-c3nc(-c4ccccc4)nc(-c4c(-c5cccc6oc7ccccc7c56)ccc5oc6ccccc6c45)n3)ccc2c1. The Morgan fingerprint density at radius 1 is 0.453 bits per heavy atom. The summed E-state index contributed by atoms with van der Waals surface area (Å²) in [6.07, 6.45) is 8.23. The van der Waals surface area contributed by atoms with Crippen molar-refractivity contribution in [1.82, 2.24) is 15.0 Å². The predicted octanol–water partition coefficient (Wildman–Crippen LogP) is 13.1. The van der Waals surface area contributed by atoms with Crippen molar-refractivity contribution in [3.05, 3.63) is 169 Å². The van der Waals surface area contributed by atoms with Gasteiger partial charge in [-0.05, 0) is 76.9 Å². The third kappa shape index (κ3) is 5.29. The van der Waals surface area contributed by atoms with Crippen molar-refractivity contribution >= 4 is 60.7 Å². The van der Waals surface area contributed by atoms with Gasteiger partial charge in [0.15, 0.2) is 17.5 Å². The molecule has 0 unspecified atom stereocenters. The van der Waals surface area contributed by atoms with Crippen LogP contribution in [0.15, 0.2) is 173 Å². The zero-order chi connectivity index (χ0) is 35.3. The second-order valence-corrected chi connectivity index (χ2v) is 13.1. The lowest BCUT2D eigenvalue weighted by Crippen LogP contribution is -2.01. The van der Waals surface area contributed by atoms with E-state index >= 15 is 0 Å². The molecule has 250 valence electrons. The smallest absolute Gasteiger partial charge is 0.165 e. The van der Waals surface area contributed by atoms with Crippen molar-refractivity contribution in [2.75, 3.05) is 0 Å². The summed E-state index contributed by atoms with van der Waals surface area (Å²) in [5, 5.41) is 6.30. The summed E-state index contributed by atoms with van der Waals surface area (Å²) in [6, 6.07) is 49.8.